The van der Waals surface area contributed by atoms with E-state index in [-0.39, 0.29) is 0 Å². The zero-order valence-electron chi connectivity index (χ0n) is 26.5. The predicted molar refractivity (Wildman–Crippen MR) is 189 cm³/mol. The highest BCUT2D eigenvalue weighted by atomic mass is 33.1. The Morgan fingerprint density at radius 2 is 0.905 bits per heavy atom. The molecule has 14 heteroatoms. The minimum Gasteiger partial charge on any atom is -0.354 e. The topological polar surface area (TPSA) is 108 Å². The van der Waals surface area contributed by atoms with Crippen LogP contribution in [0.3, 0.4) is 0 Å². The fraction of sp³-hybridized carbons (Fsp3) is 0.786. The van der Waals surface area contributed by atoms with E-state index >= 15 is 0 Å². The van der Waals surface area contributed by atoms with E-state index in [1.807, 2.05) is 21.6 Å². The summed E-state index contributed by atoms with van der Waals surface area (Å²) >= 11 is 0. The van der Waals surface area contributed by atoms with Crippen LogP contribution in [0.4, 0.5) is 23.8 Å². The Hall–Kier alpha value is -1.38. The summed E-state index contributed by atoms with van der Waals surface area (Å²) in [6, 6.07) is 0. The number of hydrogen-bond donors (Lipinski definition) is 2. The number of anilines is 4. The second-order valence-electron chi connectivity index (χ2n) is 9.61. The summed E-state index contributed by atoms with van der Waals surface area (Å²) in [6.07, 6.45) is 9.34. The molecule has 0 saturated carbocycles. The summed E-state index contributed by atoms with van der Waals surface area (Å²) in [5, 5.41) is 8.31. The van der Waals surface area contributed by atoms with Crippen LogP contribution in [0, 0.1) is 0 Å². The van der Waals surface area contributed by atoms with Crippen molar-refractivity contribution in [3.05, 3.63) is 0 Å². The predicted octanol–water partition coefficient (Wildman–Crippen LogP) is 7.91. The largest absolute Gasteiger partial charge is 0.354 e. The zero-order valence-corrected chi connectivity index (χ0v) is 29.8. The number of nitrogens with zero attached hydrogens (tertiary/aromatic N) is 8. The summed E-state index contributed by atoms with van der Waals surface area (Å²) < 4.78 is 0. The van der Waals surface area contributed by atoms with Gasteiger partial charge in [0, 0.05) is 50.8 Å². The van der Waals surface area contributed by atoms with Crippen LogP contribution < -0.4 is 20.4 Å². The molecule has 2 N–H and O–H groups in total. The summed E-state index contributed by atoms with van der Waals surface area (Å²) in [4.78, 5) is 32.4. The van der Waals surface area contributed by atoms with Gasteiger partial charge in [0.15, 0.2) is 0 Å². The van der Waals surface area contributed by atoms with Crippen molar-refractivity contribution in [2.45, 2.75) is 103 Å². The molecule has 0 bridgehead atoms. The average molecular weight is 657 g/mol. The molecule has 0 aromatic carbocycles. The van der Waals surface area contributed by atoms with E-state index in [0.29, 0.717) is 11.9 Å². The van der Waals surface area contributed by atoms with Crippen LogP contribution in [0.2, 0.25) is 0 Å². The summed E-state index contributed by atoms with van der Waals surface area (Å²) in [6.45, 7) is 18.2. The first-order valence-electron chi connectivity index (χ1n) is 15.7. The van der Waals surface area contributed by atoms with Crippen molar-refractivity contribution in [3.8, 4) is 0 Å². The lowest BCUT2D eigenvalue weighted by Crippen LogP contribution is -2.25. The summed E-state index contributed by atoms with van der Waals surface area (Å²) in [5.41, 5.74) is 0. The third-order valence-electron chi connectivity index (χ3n) is 6.40. The summed E-state index contributed by atoms with van der Waals surface area (Å²) in [7, 11) is 7.00. The Balaban J connectivity index is 1.71. The molecule has 2 aromatic rings. The van der Waals surface area contributed by atoms with Gasteiger partial charge in [0.05, 0.1) is 0 Å². The van der Waals surface area contributed by atoms with Crippen LogP contribution in [-0.2, 0) is 0 Å². The molecule has 0 radical (unpaired) electrons. The first-order valence-corrected chi connectivity index (χ1v) is 20.3. The first kappa shape index (κ1) is 36.8. The van der Waals surface area contributed by atoms with Gasteiger partial charge in [-0.25, -0.2) is 0 Å². The first-order chi connectivity index (χ1) is 20.6. The number of nitrogens with one attached hydrogen (secondary N) is 2. The minimum atomic E-state index is 0.684. The third-order valence-corrected chi connectivity index (χ3v) is 10.8. The van der Waals surface area contributed by atoms with Crippen molar-refractivity contribution in [3.63, 3.8) is 0 Å². The number of unbranched alkanes of at least 4 members (excludes halogenated alkanes) is 5. The van der Waals surface area contributed by atoms with E-state index in [1.54, 1.807) is 21.6 Å². The van der Waals surface area contributed by atoms with Gasteiger partial charge in [-0.05, 0) is 75.0 Å². The Kier molecular flexibility index (Phi) is 20.2. The van der Waals surface area contributed by atoms with Crippen molar-refractivity contribution < 1.29 is 0 Å². The van der Waals surface area contributed by atoms with Gasteiger partial charge in [0.25, 0.3) is 0 Å². The van der Waals surface area contributed by atoms with Crippen LogP contribution >= 0.6 is 43.2 Å². The van der Waals surface area contributed by atoms with Crippen molar-refractivity contribution in [2.75, 3.05) is 71.2 Å². The maximum atomic E-state index is 4.72. The third kappa shape index (κ3) is 14.4. The number of rotatable bonds is 25. The van der Waals surface area contributed by atoms with Crippen LogP contribution in [0.5, 0.6) is 0 Å². The second-order valence-corrected chi connectivity index (χ2v) is 14.4. The molecule has 0 fully saturated rings. The van der Waals surface area contributed by atoms with Gasteiger partial charge in [-0.1, -0.05) is 61.1 Å². The molecule has 0 atom stereocenters. The molecular formula is C28H52N10S4. The molecule has 2 aromatic heterocycles. The highest BCUT2D eigenvalue weighted by Crippen LogP contribution is 2.32. The van der Waals surface area contributed by atoms with Gasteiger partial charge < -0.3 is 20.4 Å². The minimum absolute atomic E-state index is 0.684. The van der Waals surface area contributed by atoms with Gasteiger partial charge in [0.2, 0.25) is 34.1 Å². The molecule has 2 rings (SSSR count). The second kappa shape index (κ2) is 23.1. The fourth-order valence-corrected chi connectivity index (χ4v) is 7.63. The van der Waals surface area contributed by atoms with Crippen molar-refractivity contribution in [1.82, 2.24) is 29.9 Å². The fourth-order valence-electron chi connectivity index (χ4n) is 3.84. The molecule has 10 nitrogen and oxygen atoms in total. The smallest absolute Gasteiger partial charge is 0.231 e. The van der Waals surface area contributed by atoms with Gasteiger partial charge in [-0.15, -0.1) is 0 Å². The van der Waals surface area contributed by atoms with E-state index in [2.05, 4.69) is 81.9 Å². The van der Waals surface area contributed by atoms with Gasteiger partial charge in [-0.2, -0.15) is 29.9 Å². The Morgan fingerprint density at radius 1 is 0.500 bits per heavy atom. The molecule has 0 aliphatic rings. The number of hydrogen-bond acceptors (Lipinski definition) is 14. The van der Waals surface area contributed by atoms with Gasteiger partial charge in [-0.3, -0.25) is 0 Å². The quantitative estimate of drug-likeness (QED) is 0.0798. The summed E-state index contributed by atoms with van der Waals surface area (Å²) in [5.74, 6) is 5.07. The molecule has 42 heavy (non-hydrogen) atoms. The molecule has 2 heterocycles. The monoisotopic (exact) mass is 656 g/mol. The molecule has 0 unspecified atom stereocenters. The normalized spacial score (nSPS) is 11.1. The molecule has 0 aliphatic carbocycles. The highest BCUT2D eigenvalue weighted by Gasteiger charge is 2.13. The average Bonchev–Trinajstić information content (AvgIpc) is 2.99. The van der Waals surface area contributed by atoms with Crippen LogP contribution in [-0.4, -0.2) is 80.7 Å². The van der Waals surface area contributed by atoms with E-state index in [9.17, 15) is 0 Å². The molecular weight excluding hydrogens is 605 g/mol. The van der Waals surface area contributed by atoms with Gasteiger partial charge >= 0.3 is 0 Å². The molecule has 238 valence electrons. The molecule has 0 amide bonds. The SMILES string of the molecule is CCCCNc1nc(SSCCCCCCSSc2nc(NCCCC)nc(N(CC)CC)n2)nc(N(CC)CC)n1. The lowest BCUT2D eigenvalue weighted by atomic mass is 10.2. The lowest BCUT2D eigenvalue weighted by Gasteiger charge is -2.19. The molecule has 0 saturated heterocycles. The highest BCUT2D eigenvalue weighted by molar-refractivity contribution is 8.77. The van der Waals surface area contributed by atoms with Crippen molar-refractivity contribution >= 4 is 67.0 Å². The maximum absolute atomic E-state index is 4.72. The zero-order chi connectivity index (χ0) is 30.4. The van der Waals surface area contributed by atoms with Crippen LogP contribution in [0.25, 0.3) is 0 Å². The van der Waals surface area contributed by atoms with Crippen LogP contribution in [0.1, 0.15) is 92.9 Å². The van der Waals surface area contributed by atoms with Crippen molar-refractivity contribution in [2.24, 2.45) is 0 Å². The maximum Gasteiger partial charge on any atom is 0.231 e. The van der Waals surface area contributed by atoms with E-state index in [1.165, 1.54) is 25.7 Å². The Morgan fingerprint density at radius 3 is 1.26 bits per heavy atom. The molecule has 0 spiro atoms. The lowest BCUT2D eigenvalue weighted by molar-refractivity contribution is 0.712. The number of aromatic nitrogens is 6. The Labute approximate surface area is 270 Å². The Bertz CT molecular complexity index is 902. The van der Waals surface area contributed by atoms with E-state index in [4.69, 9.17) is 9.97 Å². The van der Waals surface area contributed by atoms with Crippen LogP contribution in [0.15, 0.2) is 10.3 Å². The van der Waals surface area contributed by atoms with E-state index < -0.39 is 0 Å². The van der Waals surface area contributed by atoms with E-state index in [0.717, 1.165) is 98.7 Å². The van der Waals surface area contributed by atoms with Gasteiger partial charge in [0.1, 0.15) is 0 Å². The molecule has 0 aliphatic heterocycles. The van der Waals surface area contributed by atoms with Crippen molar-refractivity contribution in [1.29, 1.82) is 0 Å². The standard InChI is InChI=1S/C28H52N10S4/c1-7-13-19-29-23-31-25(37(9-3)10-4)35-27(33-23)41-39-21-17-15-16-18-22-40-42-28-34-24(30-20-14-8-2)32-26(36-28)38(11-5)12-6/h7-22H2,1-6H3,(H,29,31,33,35)(H,30,32,34,36).